The lowest BCUT2D eigenvalue weighted by molar-refractivity contribution is -0.128. The molecule has 0 bridgehead atoms. The molecule has 1 heterocycles. The van der Waals surface area contributed by atoms with Crippen LogP contribution in [0.3, 0.4) is 0 Å². The van der Waals surface area contributed by atoms with E-state index in [-0.39, 0.29) is 0 Å². The zero-order valence-corrected chi connectivity index (χ0v) is 10.7. The molecule has 1 atom stereocenters. The first kappa shape index (κ1) is 13.3. The first-order valence-electron chi connectivity index (χ1n) is 5.53. The van der Waals surface area contributed by atoms with E-state index < -0.39 is 12.0 Å². The molecular formula is C13H12ClN3O2. The molecule has 0 saturated heterocycles. The van der Waals surface area contributed by atoms with Crippen molar-refractivity contribution in [2.45, 2.75) is 6.10 Å². The number of rotatable bonds is 4. The van der Waals surface area contributed by atoms with Gasteiger partial charge in [-0.2, -0.15) is 0 Å². The van der Waals surface area contributed by atoms with Crippen LogP contribution in [0.1, 0.15) is 11.7 Å². The minimum atomic E-state index is -0.855. The number of carbonyl (C=O) groups excluding carboxylic acids is 1. The summed E-state index contributed by atoms with van der Waals surface area (Å²) in [7, 11) is 0. The fraction of sp³-hybridized carbons (Fsp3) is 0.0769. The Bertz CT molecular complexity index is 563. The van der Waals surface area contributed by atoms with E-state index >= 15 is 0 Å². The molecule has 0 aliphatic rings. The number of halogens is 1. The van der Waals surface area contributed by atoms with Crippen LogP contribution in [-0.2, 0) is 4.79 Å². The Morgan fingerprint density at radius 2 is 2.05 bits per heavy atom. The van der Waals surface area contributed by atoms with Gasteiger partial charge in [0, 0.05) is 17.8 Å². The summed E-state index contributed by atoms with van der Waals surface area (Å²) in [6, 6.07) is 10.6. The van der Waals surface area contributed by atoms with Crippen LogP contribution in [0.2, 0.25) is 5.02 Å². The van der Waals surface area contributed by atoms with E-state index in [2.05, 4.69) is 10.4 Å². The maximum atomic E-state index is 11.8. The minimum absolute atomic E-state index is 0.393. The summed E-state index contributed by atoms with van der Waals surface area (Å²) in [4.78, 5) is 15.7. The fourth-order valence-corrected chi connectivity index (χ4v) is 1.73. The lowest BCUT2D eigenvalue weighted by Crippen LogP contribution is -2.37. The molecule has 1 amide bonds. The largest absolute Gasteiger partial charge is 0.474 e. The highest BCUT2D eigenvalue weighted by atomic mass is 35.5. The summed E-state index contributed by atoms with van der Waals surface area (Å²) >= 11 is 5.82. The third kappa shape index (κ3) is 3.43. The monoisotopic (exact) mass is 277 g/mol. The summed E-state index contributed by atoms with van der Waals surface area (Å²) in [5.74, 6) is 5.11. The zero-order chi connectivity index (χ0) is 13.7. The SMILES string of the molecule is NNC(=O)C(Oc1cncc(Cl)c1)c1ccccc1. The molecule has 0 spiro atoms. The van der Waals surface area contributed by atoms with Crippen LogP contribution in [0.4, 0.5) is 0 Å². The molecular weight excluding hydrogens is 266 g/mol. The highest BCUT2D eigenvalue weighted by Gasteiger charge is 2.21. The van der Waals surface area contributed by atoms with Crippen molar-refractivity contribution in [1.82, 2.24) is 10.4 Å². The Hall–Kier alpha value is -2.11. The Balaban J connectivity index is 2.27. The van der Waals surface area contributed by atoms with Crippen molar-refractivity contribution in [3.63, 3.8) is 0 Å². The van der Waals surface area contributed by atoms with Crippen LogP contribution < -0.4 is 16.0 Å². The van der Waals surface area contributed by atoms with Gasteiger partial charge in [-0.1, -0.05) is 41.9 Å². The van der Waals surface area contributed by atoms with Crippen molar-refractivity contribution in [3.05, 3.63) is 59.4 Å². The van der Waals surface area contributed by atoms with Crippen LogP contribution in [0.25, 0.3) is 0 Å². The number of pyridine rings is 1. The van der Waals surface area contributed by atoms with Crippen LogP contribution in [0.5, 0.6) is 5.75 Å². The predicted octanol–water partition coefficient (Wildman–Crippen LogP) is 1.84. The number of hydrazine groups is 1. The van der Waals surface area contributed by atoms with E-state index in [0.29, 0.717) is 16.3 Å². The summed E-state index contributed by atoms with van der Waals surface area (Å²) in [6.07, 6.45) is 2.10. The van der Waals surface area contributed by atoms with Gasteiger partial charge in [0.15, 0.2) is 0 Å². The summed E-state index contributed by atoms with van der Waals surface area (Å²) in [6.45, 7) is 0. The molecule has 1 aromatic carbocycles. The van der Waals surface area contributed by atoms with Gasteiger partial charge in [0.2, 0.25) is 6.10 Å². The van der Waals surface area contributed by atoms with Crippen molar-refractivity contribution < 1.29 is 9.53 Å². The van der Waals surface area contributed by atoms with Crippen LogP contribution in [-0.4, -0.2) is 10.9 Å². The first-order valence-corrected chi connectivity index (χ1v) is 5.91. The average molecular weight is 278 g/mol. The summed E-state index contributed by atoms with van der Waals surface area (Å²) in [5.41, 5.74) is 2.77. The number of hydrogen-bond acceptors (Lipinski definition) is 4. The number of hydrogen-bond donors (Lipinski definition) is 2. The normalized spacial score (nSPS) is 11.7. The smallest absolute Gasteiger partial charge is 0.279 e. The molecule has 5 nitrogen and oxygen atoms in total. The topological polar surface area (TPSA) is 77.2 Å². The van der Waals surface area contributed by atoms with E-state index in [4.69, 9.17) is 22.2 Å². The predicted molar refractivity (Wildman–Crippen MR) is 71.4 cm³/mol. The second kappa shape index (κ2) is 6.17. The number of nitrogens with zero attached hydrogens (tertiary/aromatic N) is 1. The Kier molecular flexibility index (Phi) is 4.33. The average Bonchev–Trinajstić information content (AvgIpc) is 2.45. The second-order valence-corrected chi connectivity index (χ2v) is 4.19. The molecule has 6 heteroatoms. The van der Waals surface area contributed by atoms with E-state index in [1.165, 1.54) is 12.4 Å². The van der Waals surface area contributed by atoms with Crippen molar-refractivity contribution in [1.29, 1.82) is 0 Å². The van der Waals surface area contributed by atoms with Gasteiger partial charge in [-0.25, -0.2) is 5.84 Å². The van der Waals surface area contributed by atoms with Crippen molar-refractivity contribution >= 4 is 17.5 Å². The van der Waals surface area contributed by atoms with E-state index in [0.717, 1.165) is 0 Å². The Morgan fingerprint density at radius 1 is 1.32 bits per heavy atom. The standard InChI is InChI=1S/C13H12ClN3O2/c14-10-6-11(8-16-7-10)19-12(13(18)17-15)9-4-2-1-3-5-9/h1-8,12H,15H2,(H,17,18). The molecule has 1 unspecified atom stereocenters. The number of nitrogens with one attached hydrogen (secondary N) is 1. The van der Waals surface area contributed by atoms with Gasteiger partial charge in [0.05, 0.1) is 11.2 Å². The number of benzene rings is 1. The van der Waals surface area contributed by atoms with Crippen LogP contribution in [0, 0.1) is 0 Å². The summed E-state index contributed by atoms with van der Waals surface area (Å²) in [5, 5.41) is 0.428. The minimum Gasteiger partial charge on any atom is -0.474 e. The van der Waals surface area contributed by atoms with Crippen molar-refractivity contribution in [2.24, 2.45) is 5.84 Å². The molecule has 98 valence electrons. The Morgan fingerprint density at radius 3 is 2.68 bits per heavy atom. The molecule has 2 rings (SSSR count). The molecule has 0 radical (unpaired) electrons. The molecule has 2 aromatic rings. The molecule has 1 aromatic heterocycles. The quantitative estimate of drug-likeness (QED) is 0.508. The van der Waals surface area contributed by atoms with Gasteiger partial charge in [-0.15, -0.1) is 0 Å². The third-order valence-electron chi connectivity index (χ3n) is 2.42. The number of aromatic nitrogens is 1. The van der Waals surface area contributed by atoms with Crippen molar-refractivity contribution in [2.75, 3.05) is 0 Å². The molecule has 3 N–H and O–H groups in total. The van der Waals surface area contributed by atoms with Gasteiger partial charge in [0.1, 0.15) is 5.75 Å². The molecule has 0 aliphatic carbocycles. The van der Waals surface area contributed by atoms with E-state index in [1.54, 1.807) is 18.2 Å². The van der Waals surface area contributed by atoms with Gasteiger partial charge in [0.25, 0.3) is 5.91 Å². The highest BCUT2D eigenvalue weighted by Crippen LogP contribution is 2.23. The van der Waals surface area contributed by atoms with Gasteiger partial charge < -0.3 is 4.74 Å². The first-order chi connectivity index (χ1) is 9.20. The van der Waals surface area contributed by atoms with Crippen LogP contribution in [0.15, 0.2) is 48.8 Å². The third-order valence-corrected chi connectivity index (χ3v) is 2.62. The van der Waals surface area contributed by atoms with Crippen LogP contribution >= 0.6 is 11.6 Å². The molecule has 0 aliphatic heterocycles. The maximum Gasteiger partial charge on any atom is 0.279 e. The van der Waals surface area contributed by atoms with Gasteiger partial charge in [-0.05, 0) is 0 Å². The van der Waals surface area contributed by atoms with Crippen molar-refractivity contribution in [3.8, 4) is 5.75 Å². The summed E-state index contributed by atoms with van der Waals surface area (Å²) < 4.78 is 5.60. The zero-order valence-electron chi connectivity index (χ0n) is 9.92. The number of amides is 1. The fourth-order valence-electron chi connectivity index (χ4n) is 1.57. The highest BCUT2D eigenvalue weighted by molar-refractivity contribution is 6.30. The van der Waals surface area contributed by atoms with Gasteiger partial charge in [-0.3, -0.25) is 15.2 Å². The second-order valence-electron chi connectivity index (χ2n) is 3.76. The van der Waals surface area contributed by atoms with E-state index in [9.17, 15) is 4.79 Å². The molecule has 19 heavy (non-hydrogen) atoms. The maximum absolute atomic E-state index is 11.8. The lowest BCUT2D eigenvalue weighted by Gasteiger charge is -2.17. The molecule has 0 saturated carbocycles. The number of carbonyl (C=O) groups is 1. The Labute approximate surface area is 115 Å². The van der Waals surface area contributed by atoms with Gasteiger partial charge >= 0.3 is 0 Å². The lowest BCUT2D eigenvalue weighted by atomic mass is 10.1. The van der Waals surface area contributed by atoms with E-state index in [1.807, 2.05) is 18.2 Å². The number of nitrogens with two attached hydrogens (primary N) is 1. The number of ether oxygens (including phenoxy) is 1. The molecule has 0 fully saturated rings.